The van der Waals surface area contributed by atoms with Crippen molar-refractivity contribution in [3.63, 3.8) is 0 Å². The number of carbonyl (C=O) groups is 3. The Morgan fingerprint density at radius 3 is 1.57 bits per heavy atom. The molecule has 0 unspecified atom stereocenters. The minimum absolute atomic E-state index is 0.241. The number of hydrogen-bond donors (Lipinski definition) is 3. The number of hydrogen-bond acceptors (Lipinski definition) is 8. The van der Waals surface area contributed by atoms with Gasteiger partial charge in [-0.2, -0.15) is 0 Å². The summed E-state index contributed by atoms with van der Waals surface area (Å²) in [6.45, 7) is 2.41. The maximum atomic E-state index is 13.6. The molecule has 42 heavy (non-hydrogen) atoms. The summed E-state index contributed by atoms with van der Waals surface area (Å²) in [4.78, 5) is 34.6. The molecule has 0 fully saturated rings. The number of sulfonamides is 2. The van der Waals surface area contributed by atoms with E-state index in [1.54, 1.807) is 13.8 Å². The lowest BCUT2D eigenvalue weighted by molar-refractivity contribution is -0.144. The van der Waals surface area contributed by atoms with Crippen molar-refractivity contribution in [2.75, 3.05) is 21.7 Å². The highest BCUT2D eigenvalue weighted by Gasteiger charge is 2.33. The molecular formula is C27H28N2O11S2. The lowest BCUT2D eigenvalue weighted by Crippen LogP contribution is -2.37. The third-order valence-electron chi connectivity index (χ3n) is 5.93. The van der Waals surface area contributed by atoms with Gasteiger partial charge in [0, 0.05) is 6.07 Å². The lowest BCUT2D eigenvalue weighted by atomic mass is 10.2. The van der Waals surface area contributed by atoms with Gasteiger partial charge in [-0.15, -0.1) is 0 Å². The van der Waals surface area contributed by atoms with Crippen molar-refractivity contribution in [1.29, 1.82) is 0 Å². The fourth-order valence-corrected chi connectivity index (χ4v) is 6.57. The van der Waals surface area contributed by atoms with Gasteiger partial charge in [-0.05, 0) is 57.2 Å². The molecule has 3 aromatic rings. The number of aliphatic carboxylic acids is 3. The number of aryl methyl sites for hydroxylation is 2. The topological polar surface area (TPSA) is 196 Å². The summed E-state index contributed by atoms with van der Waals surface area (Å²) in [5.41, 5.74) is 0.751. The summed E-state index contributed by atoms with van der Waals surface area (Å²) in [6.07, 6.45) is -1.60. The van der Waals surface area contributed by atoms with E-state index in [4.69, 9.17) is 4.74 Å². The van der Waals surface area contributed by atoms with E-state index in [0.29, 0.717) is 8.61 Å². The first-order valence-electron chi connectivity index (χ1n) is 12.2. The van der Waals surface area contributed by atoms with E-state index < -0.39 is 68.6 Å². The number of nitrogens with zero attached hydrogens (tertiary/aromatic N) is 2. The summed E-state index contributed by atoms with van der Waals surface area (Å²) in [5, 5.41) is 28.5. The van der Waals surface area contributed by atoms with Crippen LogP contribution in [0.2, 0.25) is 0 Å². The van der Waals surface area contributed by atoms with E-state index in [-0.39, 0.29) is 15.5 Å². The van der Waals surface area contributed by atoms with Crippen molar-refractivity contribution < 1.29 is 51.3 Å². The van der Waals surface area contributed by atoms with Gasteiger partial charge in [0.15, 0.2) is 6.10 Å². The largest absolute Gasteiger partial charge is 0.480 e. The van der Waals surface area contributed by atoms with Gasteiger partial charge < -0.3 is 20.1 Å². The van der Waals surface area contributed by atoms with Crippen LogP contribution in [0.15, 0.2) is 76.5 Å². The molecule has 224 valence electrons. The summed E-state index contributed by atoms with van der Waals surface area (Å²) >= 11 is 0. The number of carboxylic acids is 3. The zero-order valence-electron chi connectivity index (χ0n) is 22.7. The molecule has 0 aliphatic rings. The van der Waals surface area contributed by atoms with Crippen LogP contribution in [0, 0.1) is 13.8 Å². The predicted molar refractivity (Wildman–Crippen MR) is 151 cm³/mol. The van der Waals surface area contributed by atoms with E-state index >= 15 is 0 Å². The molecule has 0 aromatic heterocycles. The highest BCUT2D eigenvalue weighted by molar-refractivity contribution is 7.93. The summed E-state index contributed by atoms with van der Waals surface area (Å²) in [6, 6.07) is 14.1. The highest BCUT2D eigenvalue weighted by atomic mass is 32.2. The van der Waals surface area contributed by atoms with Crippen LogP contribution in [0.25, 0.3) is 0 Å². The molecule has 0 aliphatic heterocycles. The second kappa shape index (κ2) is 12.5. The average Bonchev–Trinajstić information content (AvgIpc) is 2.90. The van der Waals surface area contributed by atoms with Gasteiger partial charge in [0.25, 0.3) is 20.0 Å². The van der Waals surface area contributed by atoms with Gasteiger partial charge in [0.05, 0.1) is 21.2 Å². The van der Waals surface area contributed by atoms with Crippen LogP contribution in [0.3, 0.4) is 0 Å². The van der Waals surface area contributed by atoms with Gasteiger partial charge in [-0.25, -0.2) is 21.6 Å². The third kappa shape index (κ3) is 7.16. The van der Waals surface area contributed by atoms with Crippen LogP contribution in [0.5, 0.6) is 5.75 Å². The van der Waals surface area contributed by atoms with Gasteiger partial charge in [0.1, 0.15) is 18.8 Å². The Kier molecular flexibility index (Phi) is 9.48. The molecule has 1 atom stereocenters. The molecule has 0 aliphatic carbocycles. The molecule has 0 radical (unpaired) electrons. The minimum Gasteiger partial charge on any atom is -0.480 e. The van der Waals surface area contributed by atoms with Gasteiger partial charge in [-0.1, -0.05) is 35.4 Å². The highest BCUT2D eigenvalue weighted by Crippen LogP contribution is 2.38. The number of carboxylic acid groups (broad SMARTS) is 3. The normalized spacial score (nSPS) is 12.3. The first-order valence-corrected chi connectivity index (χ1v) is 15.1. The summed E-state index contributed by atoms with van der Waals surface area (Å²) < 4.78 is 60.7. The third-order valence-corrected chi connectivity index (χ3v) is 9.49. The number of anilines is 2. The number of rotatable bonds is 13. The van der Waals surface area contributed by atoms with Gasteiger partial charge in [-0.3, -0.25) is 18.2 Å². The molecule has 0 amide bonds. The van der Waals surface area contributed by atoms with E-state index in [1.165, 1.54) is 48.5 Å². The first-order chi connectivity index (χ1) is 19.5. The maximum absolute atomic E-state index is 13.6. The van der Waals surface area contributed by atoms with Crippen molar-refractivity contribution in [2.24, 2.45) is 0 Å². The number of ether oxygens (including phenoxy) is 1. The minimum atomic E-state index is -4.57. The Balaban J connectivity index is 2.27. The monoisotopic (exact) mass is 620 g/mol. The average molecular weight is 621 g/mol. The zero-order valence-corrected chi connectivity index (χ0v) is 24.3. The first kappa shape index (κ1) is 31.9. The molecule has 13 nitrogen and oxygen atoms in total. The van der Waals surface area contributed by atoms with Crippen LogP contribution in [-0.2, 0) is 34.4 Å². The quantitative estimate of drug-likeness (QED) is 0.254. The molecule has 3 rings (SSSR count). The van der Waals surface area contributed by atoms with Crippen LogP contribution < -0.4 is 13.3 Å². The van der Waals surface area contributed by atoms with Crippen LogP contribution in [0.4, 0.5) is 11.4 Å². The lowest BCUT2D eigenvalue weighted by Gasteiger charge is -2.28. The van der Waals surface area contributed by atoms with Crippen molar-refractivity contribution in [1.82, 2.24) is 0 Å². The predicted octanol–water partition coefficient (Wildman–Crippen LogP) is 2.72. The van der Waals surface area contributed by atoms with Crippen molar-refractivity contribution in [2.45, 2.75) is 36.7 Å². The van der Waals surface area contributed by atoms with E-state index in [1.807, 2.05) is 0 Å². The molecule has 0 saturated heterocycles. The molecule has 3 N–H and O–H groups in total. The Labute approximate surface area is 242 Å². The molecule has 3 aromatic carbocycles. The summed E-state index contributed by atoms with van der Waals surface area (Å²) in [7, 11) is -9.07. The van der Waals surface area contributed by atoms with E-state index in [0.717, 1.165) is 36.2 Å². The molecule has 0 bridgehead atoms. The Hall–Kier alpha value is -4.63. The van der Waals surface area contributed by atoms with Gasteiger partial charge in [0.2, 0.25) is 0 Å². The Morgan fingerprint density at radius 1 is 0.714 bits per heavy atom. The Bertz CT molecular complexity index is 1700. The molecule has 0 saturated carbocycles. The van der Waals surface area contributed by atoms with Crippen molar-refractivity contribution in [3.8, 4) is 5.75 Å². The summed E-state index contributed by atoms with van der Waals surface area (Å²) in [5.74, 6) is -5.06. The van der Waals surface area contributed by atoms with Crippen LogP contribution in [-0.4, -0.2) is 69.3 Å². The van der Waals surface area contributed by atoms with Crippen molar-refractivity contribution in [3.05, 3.63) is 77.9 Å². The standard InChI is InChI=1S/C27H28N2O11S2/c1-17-4-9-21(10-5-17)41(36,37)28(15-25(30)31)20-8-13-23(24(14-20)40-19(3)27(34)35)29(16-26(32)33)42(38,39)22-11-6-18(2)7-12-22/h4-14,19H,15-16H2,1-3H3,(H,30,31)(H,32,33)(H,34,35)/t19-/m1/s1. The zero-order chi connectivity index (χ0) is 31.4. The molecular weight excluding hydrogens is 592 g/mol. The van der Waals surface area contributed by atoms with Crippen LogP contribution in [0.1, 0.15) is 18.1 Å². The molecule has 0 spiro atoms. The maximum Gasteiger partial charge on any atom is 0.344 e. The van der Waals surface area contributed by atoms with Gasteiger partial charge >= 0.3 is 17.9 Å². The Morgan fingerprint density at radius 2 is 1.14 bits per heavy atom. The second-order valence-electron chi connectivity index (χ2n) is 9.19. The SMILES string of the molecule is Cc1ccc(S(=O)(=O)N(CC(=O)O)c2ccc(N(CC(=O)O)S(=O)(=O)c3ccc(C)cc3)c(O[C@H](C)C(=O)O)c2)cc1. The fourth-order valence-electron chi connectivity index (χ4n) is 3.73. The number of benzene rings is 3. The van der Waals surface area contributed by atoms with Crippen molar-refractivity contribution >= 4 is 49.3 Å². The fraction of sp³-hybridized carbons (Fsp3) is 0.222. The second-order valence-corrected chi connectivity index (χ2v) is 12.9. The van der Waals surface area contributed by atoms with E-state index in [9.17, 15) is 46.5 Å². The van der Waals surface area contributed by atoms with Crippen LogP contribution >= 0.6 is 0 Å². The molecule has 0 heterocycles. The van der Waals surface area contributed by atoms with E-state index in [2.05, 4.69) is 0 Å². The molecule has 15 heteroatoms. The smallest absolute Gasteiger partial charge is 0.344 e.